The van der Waals surface area contributed by atoms with Crippen LogP contribution in [0.5, 0.6) is 40.2 Å². The van der Waals surface area contributed by atoms with Gasteiger partial charge in [0, 0.05) is 46.3 Å². The van der Waals surface area contributed by atoms with Crippen molar-refractivity contribution in [1.29, 1.82) is 5.41 Å². The zero-order chi connectivity index (χ0) is 81.9. The molecule has 11 nitrogen and oxygen atoms in total. The highest BCUT2D eigenvalue weighted by molar-refractivity contribution is 6.59. The molecule has 116 heavy (non-hydrogen) atoms. The van der Waals surface area contributed by atoms with Gasteiger partial charge in [0.2, 0.25) is 0 Å². The standard InChI is InChI=1S/C104H145BN6O5/c1-12-15-18-21-24-27-30-33-36-39-42-45-48-54-79-57-51-60-84(69-79)114-87-64-63-83-77-110(11)101(92(83)74-87)108-99-90-67-65-89(116-86-62-53-59-81(71-86)56-50-47-44-41-38-35-32-29-26-23-20-17-14-3)76-94(90)100(107-99)109-102-91-68-66-88(115-85-61-52-58-80(70-85)55-49-46-43-40-37-34-31-28-25-22-19-16-13-2)75-93(91)98(106)111(102)105(10)113-78-82-72-95(103(4,5)6)97(112)96(73-82)104(7,8)9/h51-53,57-77,106,112H,12-50,54-56,78H2,1-11H3. The Balaban J connectivity index is 0.918. The van der Waals surface area contributed by atoms with E-state index in [0.29, 0.717) is 40.3 Å². The molecular formula is C104H145BN6O5. The molecule has 0 saturated carbocycles. The summed E-state index contributed by atoms with van der Waals surface area (Å²) in [5.74, 6) is 7.09. The number of hydrogen-bond donors (Lipinski definition) is 2. The van der Waals surface area contributed by atoms with Crippen molar-refractivity contribution in [2.45, 2.75) is 356 Å². The quantitative estimate of drug-likeness (QED) is 0.0289. The summed E-state index contributed by atoms with van der Waals surface area (Å²) in [6.45, 7) is 21.9. The third-order valence-corrected chi connectivity index (χ3v) is 23.7. The van der Waals surface area contributed by atoms with E-state index in [9.17, 15) is 10.5 Å². The number of nitrogens with one attached hydrogen (secondary N) is 1. The predicted molar refractivity (Wildman–Crippen MR) is 493 cm³/mol. The van der Waals surface area contributed by atoms with E-state index in [2.05, 4.69) is 164 Å². The first-order valence-electron chi connectivity index (χ1n) is 46.2. The van der Waals surface area contributed by atoms with Crippen molar-refractivity contribution in [2.75, 3.05) is 0 Å². The lowest BCUT2D eigenvalue weighted by Gasteiger charge is -2.29. The second-order valence-corrected chi connectivity index (χ2v) is 35.9. The first kappa shape index (κ1) is 90.1. The topological polar surface area (TPSA) is 126 Å². The van der Waals surface area contributed by atoms with Crippen LogP contribution in [0.25, 0.3) is 10.8 Å². The van der Waals surface area contributed by atoms with Crippen LogP contribution < -0.4 is 14.2 Å². The zero-order valence-corrected chi connectivity index (χ0v) is 73.7. The van der Waals surface area contributed by atoms with Gasteiger partial charge in [-0.1, -0.05) is 330 Å². The molecule has 0 spiro atoms. The molecule has 10 rings (SSSR count). The highest BCUT2D eigenvalue weighted by Crippen LogP contribution is 2.42. The summed E-state index contributed by atoms with van der Waals surface area (Å²) >= 11 is 0. The van der Waals surface area contributed by atoms with E-state index in [1.807, 2.05) is 67.2 Å². The van der Waals surface area contributed by atoms with Gasteiger partial charge in [-0.25, -0.2) is 15.0 Å². The fraction of sp³-hybridized carbons (Fsp3) is 0.538. The van der Waals surface area contributed by atoms with Crippen molar-refractivity contribution in [3.8, 4) is 40.2 Å². The molecule has 1 aromatic heterocycles. The van der Waals surface area contributed by atoms with Gasteiger partial charge < -0.3 is 33.3 Å². The Morgan fingerprint density at radius 1 is 0.397 bits per heavy atom. The van der Waals surface area contributed by atoms with Gasteiger partial charge in [-0.3, -0.25) is 5.41 Å². The number of hydrogen-bond acceptors (Lipinski definition) is 8. The van der Waals surface area contributed by atoms with E-state index in [1.54, 1.807) is 0 Å². The first-order chi connectivity index (χ1) is 56.4. The number of aryl methyl sites for hydroxylation is 4. The van der Waals surface area contributed by atoms with Crippen LogP contribution in [0.15, 0.2) is 161 Å². The molecule has 12 heteroatoms. The predicted octanol–water partition coefficient (Wildman–Crippen LogP) is 31.0. The summed E-state index contributed by atoms with van der Waals surface area (Å²) in [4.78, 5) is 18.5. The van der Waals surface area contributed by atoms with Gasteiger partial charge >= 0.3 is 7.05 Å². The number of rotatable bonds is 53. The molecule has 0 saturated heterocycles. The first-order valence-corrected chi connectivity index (χ1v) is 46.2. The van der Waals surface area contributed by atoms with Crippen LogP contribution in [0.1, 0.15) is 368 Å². The summed E-state index contributed by atoms with van der Waals surface area (Å²) in [5.41, 5.74) is 8.78. The van der Waals surface area contributed by atoms with Gasteiger partial charge in [0.15, 0.2) is 11.7 Å². The van der Waals surface area contributed by atoms with Crippen molar-refractivity contribution < 1.29 is 24.0 Å². The maximum absolute atomic E-state index is 11.8. The Kier molecular flexibility index (Phi) is 36.8. The number of phenolic OH excluding ortho intramolecular Hbond substituents is 1. The number of amidine groups is 4. The lowest BCUT2D eigenvalue weighted by atomic mass is 9.78. The molecule has 0 aliphatic carbocycles. The Bertz CT molecular complexity index is 4400. The average molecular weight is 1570 g/mol. The number of ether oxygens (including phenoxy) is 3. The zero-order valence-electron chi connectivity index (χ0n) is 73.7. The van der Waals surface area contributed by atoms with Gasteiger partial charge in [0.25, 0.3) is 0 Å². The molecule has 2 N–H and O–H groups in total. The summed E-state index contributed by atoms with van der Waals surface area (Å²) in [6, 6.07) is 48.2. The lowest BCUT2D eigenvalue weighted by Crippen LogP contribution is -2.44. The van der Waals surface area contributed by atoms with Crippen molar-refractivity contribution in [1.82, 2.24) is 9.38 Å². The second-order valence-electron chi connectivity index (χ2n) is 35.9. The van der Waals surface area contributed by atoms with Gasteiger partial charge in [-0.05, 0) is 193 Å². The monoisotopic (exact) mass is 1570 g/mol. The summed E-state index contributed by atoms with van der Waals surface area (Å²) in [5, 5.41) is 24.0. The van der Waals surface area contributed by atoms with E-state index in [-0.39, 0.29) is 23.3 Å². The third-order valence-electron chi connectivity index (χ3n) is 23.7. The lowest BCUT2D eigenvalue weighted by molar-refractivity contribution is 0.294. The molecule has 0 radical (unpaired) electrons. The molecule has 624 valence electrons. The smallest absolute Gasteiger partial charge is 0.419 e. The molecule has 2 aliphatic rings. The van der Waals surface area contributed by atoms with E-state index >= 15 is 0 Å². The number of nitrogens with zero attached hydrogens (tertiary/aromatic N) is 5. The number of phenols is 1. The second kappa shape index (κ2) is 47.4. The largest absolute Gasteiger partial charge is 0.507 e. The van der Waals surface area contributed by atoms with Gasteiger partial charge in [-0.15, -0.1) is 0 Å². The fourth-order valence-corrected chi connectivity index (χ4v) is 16.8. The van der Waals surface area contributed by atoms with Crippen molar-refractivity contribution >= 4 is 47.0 Å². The molecule has 3 heterocycles. The maximum Gasteiger partial charge on any atom is 0.419 e. The normalized spacial score (nSPS) is 13.6. The molecule has 0 bridgehead atoms. The highest BCUT2D eigenvalue weighted by atomic mass is 16.5. The molecule has 0 fully saturated rings. The van der Waals surface area contributed by atoms with E-state index in [0.717, 1.165) is 105 Å². The van der Waals surface area contributed by atoms with Crippen LogP contribution in [-0.4, -0.2) is 44.9 Å². The number of fused-ring (bicyclic) bond motifs is 3. The van der Waals surface area contributed by atoms with Crippen LogP contribution in [-0.2, 0) is 48.4 Å². The minimum atomic E-state index is -0.696. The summed E-state index contributed by atoms with van der Waals surface area (Å²) < 4.78 is 29.4. The average Bonchev–Trinajstić information content (AvgIpc) is 1.67. The van der Waals surface area contributed by atoms with Gasteiger partial charge in [-0.2, -0.15) is 0 Å². The summed E-state index contributed by atoms with van der Waals surface area (Å²) in [6.07, 6.45) is 57.3. The Hall–Kier alpha value is -8.22. The Labute approximate surface area is 701 Å². The van der Waals surface area contributed by atoms with Gasteiger partial charge in [0.05, 0.1) is 6.61 Å². The molecule has 0 atom stereocenters. The molecule has 0 amide bonds. The molecule has 0 unspecified atom stereocenters. The third kappa shape index (κ3) is 28.2. The van der Waals surface area contributed by atoms with E-state index in [4.69, 9.17) is 33.8 Å². The minimum Gasteiger partial charge on any atom is -0.507 e. The van der Waals surface area contributed by atoms with E-state index < -0.39 is 7.05 Å². The van der Waals surface area contributed by atoms with Crippen molar-refractivity contribution in [3.05, 3.63) is 201 Å². The van der Waals surface area contributed by atoms with Crippen molar-refractivity contribution in [3.63, 3.8) is 0 Å². The van der Waals surface area contributed by atoms with Crippen LogP contribution in [0, 0.1) is 5.41 Å². The van der Waals surface area contributed by atoms with Crippen LogP contribution >= 0.6 is 0 Å². The fourth-order valence-electron chi connectivity index (χ4n) is 16.8. The summed E-state index contributed by atoms with van der Waals surface area (Å²) in [7, 11) is 1.34. The molecule has 8 aromatic rings. The molecule has 7 aromatic carbocycles. The Morgan fingerprint density at radius 3 is 1.16 bits per heavy atom. The number of aliphatic imine (C=N–C) groups is 3. The number of benzene rings is 7. The van der Waals surface area contributed by atoms with Crippen LogP contribution in [0.4, 0.5) is 5.82 Å². The number of unbranched alkanes of at least 4 members (excludes halogenated alkanes) is 36. The van der Waals surface area contributed by atoms with Crippen LogP contribution in [0.2, 0.25) is 6.82 Å². The van der Waals surface area contributed by atoms with E-state index in [1.165, 1.54) is 254 Å². The Morgan fingerprint density at radius 2 is 0.759 bits per heavy atom. The minimum absolute atomic E-state index is 0.218. The highest BCUT2D eigenvalue weighted by Gasteiger charge is 2.39. The molecular weight excluding hydrogens is 1420 g/mol. The van der Waals surface area contributed by atoms with Crippen LogP contribution in [0.3, 0.4) is 0 Å². The van der Waals surface area contributed by atoms with Crippen molar-refractivity contribution in [2.24, 2.45) is 22.0 Å². The number of aromatic hydroxyl groups is 1. The SMILES string of the molecule is CCCCCCCCCCCCCCCc1cccc(Oc2ccc3c(c2)C(=N)N(B(C)OCc2cc(C(C)(C)C)c(O)c(C(C)(C)C)c2)C3=NC2=NC(=Nc3c4cc(Oc5cccc(CCCCCCCCCCCCCCC)c5)ccc4cn3C)c3ccc(Oc4cccc(CCCCCCCCCCCCCCC)c4)cc32)c1. The van der Waals surface area contributed by atoms with Gasteiger partial charge in [0.1, 0.15) is 57.7 Å². The number of aromatic nitrogens is 1. The molecule has 2 aliphatic heterocycles. The maximum atomic E-state index is 11.8.